The van der Waals surface area contributed by atoms with Crippen molar-refractivity contribution in [1.29, 1.82) is 0 Å². The number of aromatic amines is 1. The third kappa shape index (κ3) is 6.42. The monoisotopic (exact) mass is 628 g/mol. The summed E-state index contributed by atoms with van der Waals surface area (Å²) in [4.78, 5) is 65.2. The fraction of sp³-hybridized carbons (Fsp3) is 0.0800. The standard InChI is InChI=1S/C25H16F3N6O6P.2Na/c26-25(27,28)15-2-1-3-16(9-15)34-21-17(23(35)33(24(34)36)12-40-41(37,38)39)11-30-19-5-4-18(32-20(19)21)14-8-13-6-7-29-22(13)31-10-14;;/h1-11H,12H2,(H,29,31)(H2,37,38,39);;/q;2*+1/p-2. The Labute approximate surface area is 282 Å². The van der Waals surface area contributed by atoms with Gasteiger partial charge in [0, 0.05) is 29.5 Å². The summed E-state index contributed by atoms with van der Waals surface area (Å²) in [5.74, 6) is 0. The summed E-state index contributed by atoms with van der Waals surface area (Å²) in [5, 5.41) is 0.479. The van der Waals surface area contributed by atoms with E-state index in [0.29, 0.717) is 23.0 Å². The van der Waals surface area contributed by atoms with Crippen LogP contribution < -0.4 is 80.2 Å². The van der Waals surface area contributed by atoms with E-state index in [1.54, 1.807) is 36.7 Å². The molecule has 0 saturated heterocycles. The minimum absolute atomic E-state index is 0. The summed E-state index contributed by atoms with van der Waals surface area (Å²) in [6.45, 7) is -1.30. The minimum atomic E-state index is -5.63. The molecular formula is C25H14F3N6Na2O6P. The van der Waals surface area contributed by atoms with Gasteiger partial charge in [-0.05, 0) is 42.5 Å². The van der Waals surface area contributed by atoms with Crippen molar-refractivity contribution in [2.45, 2.75) is 12.9 Å². The van der Waals surface area contributed by atoms with Crippen LogP contribution in [0.3, 0.4) is 0 Å². The molecule has 208 valence electrons. The predicted molar refractivity (Wildman–Crippen MR) is 136 cm³/mol. The fourth-order valence-corrected chi connectivity index (χ4v) is 4.69. The molecule has 0 saturated carbocycles. The molecule has 0 fully saturated rings. The smallest absolute Gasteiger partial charge is 0.790 e. The molecule has 43 heavy (non-hydrogen) atoms. The average molecular weight is 628 g/mol. The largest absolute Gasteiger partial charge is 1.00 e. The molecule has 5 heterocycles. The first-order chi connectivity index (χ1) is 19.4. The number of aromatic nitrogens is 6. The van der Waals surface area contributed by atoms with Gasteiger partial charge in [-0.3, -0.25) is 14.3 Å². The van der Waals surface area contributed by atoms with E-state index in [9.17, 15) is 37.1 Å². The van der Waals surface area contributed by atoms with Crippen LogP contribution in [0.25, 0.3) is 49.9 Å². The van der Waals surface area contributed by atoms with Crippen LogP contribution in [0.2, 0.25) is 0 Å². The minimum Gasteiger partial charge on any atom is -0.790 e. The Morgan fingerprint density at radius 3 is 2.49 bits per heavy atom. The van der Waals surface area contributed by atoms with E-state index in [0.717, 1.165) is 28.3 Å². The normalized spacial score (nSPS) is 11.9. The van der Waals surface area contributed by atoms with Gasteiger partial charge in [0.25, 0.3) is 5.56 Å². The summed E-state index contributed by atoms with van der Waals surface area (Å²) >= 11 is 0. The van der Waals surface area contributed by atoms with Crippen LogP contribution >= 0.6 is 7.82 Å². The molecule has 0 radical (unpaired) electrons. The molecule has 5 aromatic heterocycles. The zero-order valence-electron chi connectivity index (χ0n) is 22.3. The number of hydrogen-bond acceptors (Lipinski definition) is 9. The molecule has 6 rings (SSSR count). The maximum absolute atomic E-state index is 13.6. The third-order valence-corrected chi connectivity index (χ3v) is 6.71. The maximum Gasteiger partial charge on any atom is 1.00 e. The number of alkyl halides is 3. The number of phosphoric acid groups is 1. The Morgan fingerprint density at radius 1 is 1.00 bits per heavy atom. The van der Waals surface area contributed by atoms with E-state index in [1.165, 1.54) is 6.07 Å². The summed E-state index contributed by atoms with van der Waals surface area (Å²) in [5.41, 5.74) is -2.22. The molecule has 0 amide bonds. The van der Waals surface area contributed by atoms with Crippen molar-refractivity contribution in [2.24, 2.45) is 0 Å². The summed E-state index contributed by atoms with van der Waals surface area (Å²) < 4.78 is 57.0. The van der Waals surface area contributed by atoms with Gasteiger partial charge in [0.15, 0.2) is 0 Å². The van der Waals surface area contributed by atoms with Crippen LogP contribution in [-0.4, -0.2) is 29.1 Å². The second-order valence-electron chi connectivity index (χ2n) is 8.83. The topological polar surface area (TPSA) is 171 Å². The molecule has 0 unspecified atom stereocenters. The quantitative estimate of drug-likeness (QED) is 0.115. The van der Waals surface area contributed by atoms with Gasteiger partial charge in [0.2, 0.25) is 0 Å². The van der Waals surface area contributed by atoms with Crippen molar-refractivity contribution in [3.63, 3.8) is 0 Å². The number of halogens is 3. The molecule has 6 aromatic rings. The Hall–Kier alpha value is -2.69. The first-order valence-corrected chi connectivity index (χ1v) is 13.1. The van der Waals surface area contributed by atoms with Crippen LogP contribution in [0.4, 0.5) is 13.2 Å². The van der Waals surface area contributed by atoms with Gasteiger partial charge in [0.05, 0.1) is 41.2 Å². The van der Waals surface area contributed by atoms with Crippen LogP contribution in [-0.2, 0) is 22.0 Å². The number of H-pyrrole nitrogens is 1. The molecular weight excluding hydrogens is 614 g/mol. The number of fused-ring (bicyclic) bond motifs is 4. The number of benzene rings is 1. The zero-order valence-corrected chi connectivity index (χ0v) is 27.2. The molecule has 0 bridgehead atoms. The van der Waals surface area contributed by atoms with Crippen molar-refractivity contribution in [3.8, 4) is 16.9 Å². The number of pyridine rings is 3. The van der Waals surface area contributed by atoms with E-state index in [-0.39, 0.29) is 91.3 Å². The van der Waals surface area contributed by atoms with Gasteiger partial charge in [-0.25, -0.2) is 19.3 Å². The SMILES string of the molecule is O=c1c2cnc3ccc(-c4cnc5[nH]ccc5c4)nc3c2n(-c2cccc(C(F)(F)F)c2)c(=O)n1COP(=O)([O-])[O-].[Na+].[Na+]. The molecule has 1 aromatic carbocycles. The molecule has 18 heteroatoms. The van der Waals surface area contributed by atoms with Crippen LogP contribution in [0.1, 0.15) is 5.56 Å². The van der Waals surface area contributed by atoms with Crippen molar-refractivity contribution >= 4 is 40.8 Å². The van der Waals surface area contributed by atoms with Crippen LogP contribution in [0.5, 0.6) is 0 Å². The van der Waals surface area contributed by atoms with E-state index < -0.39 is 37.5 Å². The first-order valence-electron chi connectivity index (χ1n) is 11.6. The van der Waals surface area contributed by atoms with Gasteiger partial charge >= 0.3 is 71.0 Å². The third-order valence-electron chi connectivity index (χ3n) is 6.28. The molecule has 0 aliphatic heterocycles. The summed E-state index contributed by atoms with van der Waals surface area (Å²) in [6, 6.07) is 10.5. The molecule has 1 N–H and O–H groups in total. The van der Waals surface area contributed by atoms with Crippen LogP contribution in [0.15, 0.2) is 76.7 Å². The Kier molecular flexibility index (Phi) is 9.55. The molecule has 0 spiro atoms. The van der Waals surface area contributed by atoms with E-state index in [4.69, 9.17) is 0 Å². The van der Waals surface area contributed by atoms with E-state index in [1.807, 2.05) is 0 Å². The fourth-order valence-electron chi connectivity index (χ4n) is 4.43. The summed E-state index contributed by atoms with van der Waals surface area (Å²) in [6.07, 6.45) is -0.458. The Bertz CT molecular complexity index is 2180. The second-order valence-corrected chi connectivity index (χ2v) is 9.98. The summed E-state index contributed by atoms with van der Waals surface area (Å²) in [7, 11) is -5.63. The number of nitrogens with zero attached hydrogens (tertiary/aromatic N) is 5. The maximum atomic E-state index is 13.6. The number of rotatable bonds is 5. The second kappa shape index (κ2) is 12.4. The van der Waals surface area contributed by atoms with Crippen molar-refractivity contribution < 1.29 is 91.2 Å². The molecule has 0 aliphatic rings. The Morgan fingerprint density at radius 2 is 1.77 bits per heavy atom. The number of phosphoric ester groups is 1. The molecule has 12 nitrogen and oxygen atoms in total. The van der Waals surface area contributed by atoms with E-state index >= 15 is 0 Å². The zero-order chi connectivity index (χ0) is 29.1. The average Bonchev–Trinajstić information content (AvgIpc) is 3.40. The van der Waals surface area contributed by atoms with Crippen molar-refractivity contribution in [1.82, 2.24) is 29.1 Å². The van der Waals surface area contributed by atoms with Crippen molar-refractivity contribution in [2.75, 3.05) is 0 Å². The van der Waals surface area contributed by atoms with E-state index in [2.05, 4.69) is 24.5 Å². The van der Waals surface area contributed by atoms with Gasteiger partial charge in [0.1, 0.15) is 17.9 Å². The number of nitrogens with one attached hydrogen (secondary N) is 1. The van der Waals surface area contributed by atoms with Gasteiger partial charge in [-0.15, -0.1) is 0 Å². The van der Waals surface area contributed by atoms with Crippen molar-refractivity contribution in [3.05, 3.63) is 93.5 Å². The van der Waals surface area contributed by atoms with Crippen LogP contribution in [0, 0.1) is 0 Å². The molecule has 0 atom stereocenters. The predicted octanol–water partition coefficient (Wildman–Crippen LogP) is -3.53. The van der Waals surface area contributed by atoms with Gasteiger partial charge in [-0.2, -0.15) is 13.2 Å². The first kappa shape index (κ1) is 33.2. The van der Waals surface area contributed by atoms with Gasteiger partial charge < -0.3 is 23.9 Å². The number of hydrogen-bond donors (Lipinski definition) is 1. The Balaban J connectivity index is 0.00000212. The van der Waals surface area contributed by atoms with Gasteiger partial charge in [-0.1, -0.05) is 6.07 Å². The molecule has 0 aliphatic carbocycles.